The molecule has 0 radical (unpaired) electrons. The maximum Gasteiger partial charge on any atom is 0.326 e. The van der Waals surface area contributed by atoms with E-state index in [1.165, 1.54) is 4.90 Å². The van der Waals surface area contributed by atoms with Crippen LogP contribution in [0.4, 0.5) is 0 Å². The van der Waals surface area contributed by atoms with Gasteiger partial charge in [-0.3, -0.25) is 9.59 Å². The molecule has 3 unspecified atom stereocenters. The third-order valence-corrected chi connectivity index (χ3v) is 5.01. The summed E-state index contributed by atoms with van der Waals surface area (Å²) in [5, 5.41) is 12.0. The summed E-state index contributed by atoms with van der Waals surface area (Å²) in [5.41, 5.74) is 0. The van der Waals surface area contributed by atoms with Crippen LogP contribution in [0.15, 0.2) is 30.3 Å². The number of carboxylic acids is 1. The first kappa shape index (κ1) is 17.3. The number of aliphatic carboxylic acids is 1. The molecule has 3 atom stereocenters. The number of hydrogen-bond acceptors (Lipinski definition) is 4. The van der Waals surface area contributed by atoms with Crippen molar-refractivity contribution in [2.45, 2.75) is 25.3 Å². The lowest BCUT2D eigenvalue weighted by atomic mass is 9.94. The topological polar surface area (TPSA) is 95.9 Å². The number of hydrogen-bond donors (Lipinski definition) is 2. The van der Waals surface area contributed by atoms with Crippen LogP contribution in [-0.2, 0) is 14.4 Å². The van der Waals surface area contributed by atoms with Crippen molar-refractivity contribution in [1.82, 2.24) is 10.2 Å². The fourth-order valence-corrected chi connectivity index (χ4v) is 3.87. The van der Waals surface area contributed by atoms with Crippen molar-refractivity contribution in [2.24, 2.45) is 11.8 Å². The number of carbonyl (C=O) groups excluding carboxylic acids is 2. The van der Waals surface area contributed by atoms with Crippen molar-refractivity contribution in [3.05, 3.63) is 30.3 Å². The molecule has 0 bridgehead atoms. The van der Waals surface area contributed by atoms with E-state index in [2.05, 4.69) is 5.32 Å². The maximum atomic E-state index is 12.4. The highest BCUT2D eigenvalue weighted by Crippen LogP contribution is 2.42. The van der Waals surface area contributed by atoms with Crippen LogP contribution in [0.3, 0.4) is 0 Å². The van der Waals surface area contributed by atoms with Gasteiger partial charge in [0.1, 0.15) is 11.8 Å². The van der Waals surface area contributed by atoms with Gasteiger partial charge in [-0.1, -0.05) is 24.6 Å². The fraction of sp³-hybridized carbons (Fsp3) is 0.500. The number of likely N-dealkylation sites (tertiary alicyclic amines) is 1. The zero-order chi connectivity index (χ0) is 17.8. The highest BCUT2D eigenvalue weighted by Gasteiger charge is 2.49. The molecule has 2 aliphatic rings. The predicted molar refractivity (Wildman–Crippen MR) is 88.9 cm³/mol. The molecule has 1 aliphatic heterocycles. The molecule has 0 spiro atoms. The first-order valence-corrected chi connectivity index (χ1v) is 8.53. The first-order valence-electron chi connectivity index (χ1n) is 8.53. The highest BCUT2D eigenvalue weighted by molar-refractivity contribution is 5.89. The molecule has 2 amide bonds. The Bertz CT molecular complexity index is 648. The van der Waals surface area contributed by atoms with Crippen LogP contribution in [0, 0.1) is 11.8 Å². The number of rotatable bonds is 6. The normalized spacial score (nSPS) is 24.6. The summed E-state index contributed by atoms with van der Waals surface area (Å²) in [6.07, 6.45) is 2.84. The Morgan fingerprint density at radius 2 is 1.96 bits per heavy atom. The Morgan fingerprint density at radius 3 is 2.68 bits per heavy atom. The number of para-hydroxylation sites is 1. The van der Waals surface area contributed by atoms with Crippen molar-refractivity contribution in [1.29, 1.82) is 0 Å². The number of benzene rings is 1. The summed E-state index contributed by atoms with van der Waals surface area (Å²) >= 11 is 0. The molecule has 1 heterocycles. The van der Waals surface area contributed by atoms with Gasteiger partial charge in [0.05, 0.1) is 6.54 Å². The molecule has 1 aromatic carbocycles. The van der Waals surface area contributed by atoms with Crippen molar-refractivity contribution >= 4 is 17.8 Å². The van der Waals surface area contributed by atoms with Crippen LogP contribution in [0.25, 0.3) is 0 Å². The quantitative estimate of drug-likeness (QED) is 0.798. The van der Waals surface area contributed by atoms with Gasteiger partial charge in [-0.05, 0) is 36.8 Å². The highest BCUT2D eigenvalue weighted by atomic mass is 16.5. The molecule has 3 rings (SSSR count). The van der Waals surface area contributed by atoms with Crippen molar-refractivity contribution in [3.63, 3.8) is 0 Å². The number of ether oxygens (including phenoxy) is 1. The average molecular weight is 346 g/mol. The number of carbonyl (C=O) groups is 3. The van der Waals surface area contributed by atoms with Crippen LogP contribution in [0.5, 0.6) is 5.75 Å². The van der Waals surface area contributed by atoms with Gasteiger partial charge in [0.2, 0.25) is 5.91 Å². The van der Waals surface area contributed by atoms with Gasteiger partial charge in [-0.15, -0.1) is 0 Å². The molecule has 2 fully saturated rings. The monoisotopic (exact) mass is 346 g/mol. The summed E-state index contributed by atoms with van der Waals surface area (Å²) in [7, 11) is 0. The van der Waals surface area contributed by atoms with E-state index in [1.807, 2.05) is 6.07 Å². The minimum atomic E-state index is -0.957. The summed E-state index contributed by atoms with van der Waals surface area (Å²) in [6.45, 7) is 0.0714. The second kappa shape index (κ2) is 7.55. The van der Waals surface area contributed by atoms with Gasteiger partial charge in [0, 0.05) is 6.54 Å². The third kappa shape index (κ3) is 3.92. The van der Waals surface area contributed by atoms with Crippen molar-refractivity contribution in [2.75, 3.05) is 19.7 Å². The van der Waals surface area contributed by atoms with Gasteiger partial charge in [-0.25, -0.2) is 4.79 Å². The SMILES string of the molecule is O=C(COc1ccccc1)NCC(=O)N1CC2CCCC2C1C(=O)O. The molecular weight excluding hydrogens is 324 g/mol. The Balaban J connectivity index is 1.48. The van der Waals surface area contributed by atoms with E-state index >= 15 is 0 Å². The maximum absolute atomic E-state index is 12.4. The zero-order valence-electron chi connectivity index (χ0n) is 13.9. The minimum absolute atomic E-state index is 0.0403. The van der Waals surface area contributed by atoms with Gasteiger partial charge in [0.25, 0.3) is 5.91 Å². The lowest BCUT2D eigenvalue weighted by Gasteiger charge is -2.24. The number of carboxylic acid groups (broad SMARTS) is 1. The Morgan fingerprint density at radius 1 is 1.20 bits per heavy atom. The fourth-order valence-electron chi connectivity index (χ4n) is 3.87. The summed E-state index contributed by atoms with van der Waals surface area (Å²) in [6, 6.07) is 8.14. The summed E-state index contributed by atoms with van der Waals surface area (Å²) in [5.74, 6) is -0.845. The lowest BCUT2D eigenvalue weighted by molar-refractivity contribution is -0.149. The molecule has 0 aromatic heterocycles. The molecular formula is C18H22N2O5. The van der Waals surface area contributed by atoms with Gasteiger partial charge in [-0.2, -0.15) is 0 Å². The van der Waals surface area contributed by atoms with E-state index in [9.17, 15) is 19.5 Å². The molecule has 1 aliphatic carbocycles. The number of amides is 2. The van der Waals surface area contributed by atoms with Gasteiger partial charge in [0.15, 0.2) is 6.61 Å². The van der Waals surface area contributed by atoms with Crippen LogP contribution in [-0.4, -0.2) is 53.5 Å². The van der Waals surface area contributed by atoms with E-state index < -0.39 is 17.9 Å². The largest absolute Gasteiger partial charge is 0.484 e. The van der Waals surface area contributed by atoms with Crippen LogP contribution >= 0.6 is 0 Å². The molecule has 7 heteroatoms. The molecule has 1 saturated carbocycles. The van der Waals surface area contributed by atoms with Gasteiger partial charge >= 0.3 is 5.97 Å². The van der Waals surface area contributed by atoms with Crippen molar-refractivity contribution in [3.8, 4) is 5.75 Å². The van der Waals surface area contributed by atoms with Crippen LogP contribution in [0.2, 0.25) is 0 Å². The second-order valence-corrected chi connectivity index (χ2v) is 6.56. The van der Waals surface area contributed by atoms with Crippen molar-refractivity contribution < 1.29 is 24.2 Å². The van der Waals surface area contributed by atoms with Crippen LogP contribution < -0.4 is 10.1 Å². The number of nitrogens with zero attached hydrogens (tertiary/aromatic N) is 1. The molecule has 2 N–H and O–H groups in total. The first-order chi connectivity index (χ1) is 12.1. The number of fused-ring (bicyclic) bond motifs is 1. The summed E-state index contributed by atoms with van der Waals surface area (Å²) < 4.78 is 5.31. The zero-order valence-corrected chi connectivity index (χ0v) is 13.9. The Hall–Kier alpha value is -2.57. The molecule has 1 saturated heterocycles. The van der Waals surface area contributed by atoms with E-state index in [0.29, 0.717) is 12.3 Å². The van der Waals surface area contributed by atoms with E-state index in [-0.39, 0.29) is 30.9 Å². The smallest absolute Gasteiger partial charge is 0.326 e. The molecule has 25 heavy (non-hydrogen) atoms. The predicted octanol–water partition coefficient (Wildman–Crippen LogP) is 0.893. The number of nitrogens with one attached hydrogen (secondary N) is 1. The second-order valence-electron chi connectivity index (χ2n) is 6.56. The Kier molecular flexibility index (Phi) is 5.21. The van der Waals surface area contributed by atoms with E-state index in [4.69, 9.17) is 4.74 Å². The minimum Gasteiger partial charge on any atom is -0.484 e. The summed E-state index contributed by atoms with van der Waals surface area (Å²) in [4.78, 5) is 37.2. The lowest BCUT2D eigenvalue weighted by Crippen LogP contribution is -2.47. The van der Waals surface area contributed by atoms with Gasteiger partial charge < -0.3 is 20.1 Å². The van der Waals surface area contributed by atoms with E-state index in [1.54, 1.807) is 24.3 Å². The van der Waals surface area contributed by atoms with Crippen LogP contribution in [0.1, 0.15) is 19.3 Å². The van der Waals surface area contributed by atoms with E-state index in [0.717, 1.165) is 19.3 Å². The third-order valence-electron chi connectivity index (χ3n) is 5.01. The molecule has 7 nitrogen and oxygen atoms in total. The average Bonchev–Trinajstić information content (AvgIpc) is 3.19. The molecule has 1 aromatic rings. The Labute approximate surface area is 146 Å². The standard InChI is InChI=1S/C18H22N2O5/c21-15(11-25-13-6-2-1-3-7-13)19-9-16(22)20-10-12-5-4-8-14(12)17(20)18(23)24/h1-3,6-7,12,14,17H,4-5,8-11H2,(H,19,21)(H,23,24). The molecule has 134 valence electrons.